The van der Waals surface area contributed by atoms with Gasteiger partial charge in [0.2, 0.25) is 0 Å². The molecule has 0 aliphatic heterocycles. The summed E-state index contributed by atoms with van der Waals surface area (Å²) in [6.07, 6.45) is 7.60. The van der Waals surface area contributed by atoms with E-state index >= 15 is 0 Å². The Bertz CT molecular complexity index is 189. The summed E-state index contributed by atoms with van der Waals surface area (Å²) in [6, 6.07) is 0. The van der Waals surface area contributed by atoms with Gasteiger partial charge in [0, 0.05) is 13.2 Å². The van der Waals surface area contributed by atoms with Gasteiger partial charge in [-0.2, -0.15) is 0 Å². The molecule has 15 heavy (non-hydrogen) atoms. The van der Waals surface area contributed by atoms with E-state index in [1.54, 1.807) is 0 Å². The zero-order valence-electron chi connectivity index (χ0n) is 10.1. The Morgan fingerprint density at radius 2 is 2.07 bits per heavy atom. The molecule has 2 fully saturated rings. The third-order valence-corrected chi connectivity index (χ3v) is 3.87. The van der Waals surface area contributed by atoms with Crippen LogP contribution in [0.5, 0.6) is 0 Å². The van der Waals surface area contributed by atoms with Gasteiger partial charge in [-0.1, -0.05) is 6.92 Å². The van der Waals surface area contributed by atoms with E-state index in [0.29, 0.717) is 12.2 Å². The predicted octanol–water partition coefficient (Wildman–Crippen LogP) is 3.01. The molecule has 0 aromatic heterocycles. The minimum Gasteiger partial charge on any atom is -0.378 e. The first kappa shape index (κ1) is 11.4. The van der Waals surface area contributed by atoms with Gasteiger partial charge in [0.05, 0.1) is 12.2 Å². The molecule has 0 bridgehead atoms. The Labute approximate surface area is 93.3 Å². The molecule has 2 saturated carbocycles. The Kier molecular flexibility index (Phi) is 4.04. The molecule has 88 valence electrons. The lowest BCUT2D eigenvalue weighted by Gasteiger charge is -2.26. The summed E-state index contributed by atoms with van der Waals surface area (Å²) in [6.45, 7) is 6.25. The summed E-state index contributed by atoms with van der Waals surface area (Å²) >= 11 is 0. The van der Waals surface area contributed by atoms with E-state index in [1.807, 2.05) is 0 Å². The van der Waals surface area contributed by atoms with Crippen LogP contribution in [0.2, 0.25) is 0 Å². The van der Waals surface area contributed by atoms with E-state index in [2.05, 4.69) is 13.8 Å². The van der Waals surface area contributed by atoms with Crippen molar-refractivity contribution in [1.29, 1.82) is 0 Å². The second kappa shape index (κ2) is 5.31. The first-order valence-corrected chi connectivity index (χ1v) is 6.54. The summed E-state index contributed by atoms with van der Waals surface area (Å²) in [4.78, 5) is 0. The van der Waals surface area contributed by atoms with E-state index in [4.69, 9.17) is 9.47 Å². The molecule has 0 aromatic rings. The maximum Gasteiger partial charge on any atom is 0.0610 e. The van der Waals surface area contributed by atoms with Crippen molar-refractivity contribution in [2.75, 3.05) is 13.2 Å². The highest BCUT2D eigenvalue weighted by Crippen LogP contribution is 2.41. The number of hydrogen-bond donors (Lipinski definition) is 0. The summed E-state index contributed by atoms with van der Waals surface area (Å²) in [7, 11) is 0. The molecule has 0 spiro atoms. The summed E-state index contributed by atoms with van der Waals surface area (Å²) in [5, 5.41) is 0. The Morgan fingerprint density at radius 1 is 1.27 bits per heavy atom. The molecule has 2 nitrogen and oxygen atoms in total. The van der Waals surface area contributed by atoms with Crippen LogP contribution in [-0.2, 0) is 9.47 Å². The Balaban J connectivity index is 1.51. The maximum atomic E-state index is 5.78. The molecule has 2 aliphatic rings. The first-order valence-electron chi connectivity index (χ1n) is 6.54. The second-order valence-corrected chi connectivity index (χ2v) is 5.08. The molecular weight excluding hydrogens is 188 g/mol. The van der Waals surface area contributed by atoms with Gasteiger partial charge >= 0.3 is 0 Å². The van der Waals surface area contributed by atoms with Crippen molar-refractivity contribution < 1.29 is 9.47 Å². The van der Waals surface area contributed by atoms with Gasteiger partial charge in [0.25, 0.3) is 0 Å². The van der Waals surface area contributed by atoms with Crippen LogP contribution in [0.1, 0.15) is 46.0 Å². The minimum atomic E-state index is 0.564. The fraction of sp³-hybridized carbons (Fsp3) is 1.00. The van der Waals surface area contributed by atoms with Gasteiger partial charge in [0.1, 0.15) is 0 Å². The van der Waals surface area contributed by atoms with Crippen molar-refractivity contribution in [2.24, 2.45) is 11.8 Å². The number of hydrogen-bond acceptors (Lipinski definition) is 2. The van der Waals surface area contributed by atoms with Crippen LogP contribution in [0.15, 0.2) is 0 Å². The quantitative estimate of drug-likeness (QED) is 0.646. The van der Waals surface area contributed by atoms with Crippen molar-refractivity contribution in [3.8, 4) is 0 Å². The molecule has 3 atom stereocenters. The lowest BCUT2D eigenvalue weighted by atomic mass is 9.96. The third-order valence-electron chi connectivity index (χ3n) is 3.87. The monoisotopic (exact) mass is 212 g/mol. The summed E-state index contributed by atoms with van der Waals surface area (Å²) in [5.74, 6) is 1.59. The van der Waals surface area contributed by atoms with Crippen molar-refractivity contribution in [3.63, 3.8) is 0 Å². The number of ether oxygens (including phenoxy) is 2. The minimum absolute atomic E-state index is 0.564. The average Bonchev–Trinajstić information content (AvgIpc) is 2.89. The highest BCUT2D eigenvalue weighted by atomic mass is 16.5. The molecule has 0 heterocycles. The highest BCUT2D eigenvalue weighted by Gasteiger charge is 2.41. The Morgan fingerprint density at radius 3 is 2.67 bits per heavy atom. The van der Waals surface area contributed by atoms with Crippen LogP contribution < -0.4 is 0 Å². The van der Waals surface area contributed by atoms with Crippen molar-refractivity contribution in [1.82, 2.24) is 0 Å². The lowest BCUT2D eigenvalue weighted by molar-refractivity contribution is -0.00494. The fourth-order valence-electron chi connectivity index (χ4n) is 2.37. The molecular formula is C13H24O2. The van der Waals surface area contributed by atoms with Gasteiger partial charge in [-0.15, -0.1) is 0 Å². The SMILES string of the molecule is CCO[C@@H]1CC1[C@H](C)CCOC1CCC1. The third kappa shape index (κ3) is 3.18. The van der Waals surface area contributed by atoms with Gasteiger partial charge in [-0.25, -0.2) is 0 Å². The first-order chi connectivity index (χ1) is 7.31. The molecule has 0 amide bonds. The molecule has 2 aliphatic carbocycles. The van der Waals surface area contributed by atoms with Gasteiger partial charge in [0.15, 0.2) is 0 Å². The van der Waals surface area contributed by atoms with Crippen LogP contribution in [-0.4, -0.2) is 25.4 Å². The van der Waals surface area contributed by atoms with Crippen LogP contribution in [0, 0.1) is 11.8 Å². The van der Waals surface area contributed by atoms with E-state index in [0.717, 1.165) is 25.0 Å². The van der Waals surface area contributed by atoms with Crippen molar-refractivity contribution >= 4 is 0 Å². The van der Waals surface area contributed by atoms with E-state index < -0.39 is 0 Å². The van der Waals surface area contributed by atoms with Crippen LogP contribution >= 0.6 is 0 Å². The lowest BCUT2D eigenvalue weighted by Crippen LogP contribution is -2.22. The van der Waals surface area contributed by atoms with Crippen molar-refractivity contribution in [2.45, 2.75) is 58.2 Å². The highest BCUT2D eigenvalue weighted by molar-refractivity contribution is 4.91. The van der Waals surface area contributed by atoms with Gasteiger partial charge in [-0.3, -0.25) is 0 Å². The topological polar surface area (TPSA) is 18.5 Å². The van der Waals surface area contributed by atoms with Gasteiger partial charge in [-0.05, 0) is 50.9 Å². The molecule has 0 saturated heterocycles. The van der Waals surface area contributed by atoms with Crippen LogP contribution in [0.3, 0.4) is 0 Å². The summed E-state index contributed by atoms with van der Waals surface area (Å²) < 4.78 is 11.4. The largest absolute Gasteiger partial charge is 0.378 e. The maximum absolute atomic E-state index is 5.78. The van der Waals surface area contributed by atoms with E-state index in [1.165, 1.54) is 32.1 Å². The Hall–Kier alpha value is -0.0800. The standard InChI is InChI=1S/C13H24O2/c1-3-14-13-9-12(13)10(2)7-8-15-11-5-4-6-11/h10-13H,3-9H2,1-2H3/t10-,12?,13-/m1/s1. The van der Waals surface area contributed by atoms with E-state index in [9.17, 15) is 0 Å². The molecule has 2 heteroatoms. The molecule has 0 aromatic carbocycles. The summed E-state index contributed by atoms with van der Waals surface area (Å²) in [5.41, 5.74) is 0. The number of rotatable bonds is 7. The molecule has 0 N–H and O–H groups in total. The fourth-order valence-corrected chi connectivity index (χ4v) is 2.37. The predicted molar refractivity (Wildman–Crippen MR) is 60.9 cm³/mol. The zero-order chi connectivity index (χ0) is 10.7. The normalized spacial score (nSPS) is 32.4. The average molecular weight is 212 g/mol. The van der Waals surface area contributed by atoms with Crippen LogP contribution in [0.25, 0.3) is 0 Å². The zero-order valence-corrected chi connectivity index (χ0v) is 10.1. The molecule has 1 unspecified atom stereocenters. The second-order valence-electron chi connectivity index (χ2n) is 5.08. The van der Waals surface area contributed by atoms with Crippen molar-refractivity contribution in [3.05, 3.63) is 0 Å². The van der Waals surface area contributed by atoms with Gasteiger partial charge < -0.3 is 9.47 Å². The smallest absolute Gasteiger partial charge is 0.0610 e. The van der Waals surface area contributed by atoms with E-state index in [-0.39, 0.29) is 0 Å². The molecule has 2 rings (SSSR count). The molecule has 0 radical (unpaired) electrons. The van der Waals surface area contributed by atoms with Crippen LogP contribution in [0.4, 0.5) is 0 Å².